The molecule has 7 aromatic carbocycles. The summed E-state index contributed by atoms with van der Waals surface area (Å²) < 4.78 is 106. The summed E-state index contributed by atoms with van der Waals surface area (Å²) >= 11 is 0. The molecule has 0 spiro atoms. The molecule has 7 aromatic rings. The molecule has 0 saturated heterocycles. The van der Waals surface area contributed by atoms with Crippen molar-refractivity contribution < 1.29 is 84.2 Å². The first-order chi connectivity index (χ1) is 41.6. The second-order valence-corrected chi connectivity index (χ2v) is 20.9. The Morgan fingerprint density at radius 3 is 1.48 bits per heavy atom. The standard InChI is InChI=1S/C65H63F5N4O13/c1-39-25-26-44(29-46(39)31-50(60(77)83-36-41-19-11-6-12-20-41)72-59(76)49(73-64(81)87-65(2,3)4)33-48(75)34-71-62(79)84-37-42-21-13-7-14-22-42)45-27-28-52(82-35-40-17-9-5-10-18-40)47(30-45)32-51(74-63(80)85-38-43-23-15-8-16-24-43)61(78)86-58-56(69)54(67)53(66)55(68)57(58)70/h5-30,48-51,75H,31-38H2,1-4H3,(H,71,79)(H,72,76)(H,73,81)(H,74,80)/t48-,49+,50+,51+/m1/s1. The normalized spacial score (nSPS) is 12.5. The van der Waals surface area contributed by atoms with Gasteiger partial charge in [0.05, 0.1) is 6.10 Å². The Morgan fingerprint density at radius 1 is 0.494 bits per heavy atom. The fourth-order valence-corrected chi connectivity index (χ4v) is 8.56. The number of aliphatic hydroxyl groups excluding tert-OH is 1. The Morgan fingerprint density at radius 2 is 0.943 bits per heavy atom. The average Bonchev–Trinajstić information content (AvgIpc) is 3.64. The highest BCUT2D eigenvalue weighted by Gasteiger charge is 2.34. The average molecular weight is 1200 g/mol. The third-order valence-electron chi connectivity index (χ3n) is 13.0. The predicted molar refractivity (Wildman–Crippen MR) is 307 cm³/mol. The van der Waals surface area contributed by atoms with Crippen molar-refractivity contribution in [3.63, 3.8) is 0 Å². The van der Waals surface area contributed by atoms with Crippen LogP contribution in [-0.2, 0) is 72.6 Å². The maximum Gasteiger partial charge on any atom is 0.408 e. The highest BCUT2D eigenvalue weighted by atomic mass is 19.2. The number of benzene rings is 7. The maximum absolute atomic E-state index is 15.0. The second kappa shape index (κ2) is 30.8. The molecule has 0 unspecified atom stereocenters. The van der Waals surface area contributed by atoms with E-state index < -0.39 is 120 Å². The number of nitrogens with one attached hydrogen (secondary N) is 4. The van der Waals surface area contributed by atoms with Crippen molar-refractivity contribution in [2.45, 2.75) is 103 Å². The van der Waals surface area contributed by atoms with Crippen molar-refractivity contribution >= 4 is 36.1 Å². The van der Waals surface area contributed by atoms with E-state index in [4.69, 9.17) is 28.4 Å². The van der Waals surface area contributed by atoms with E-state index in [1.54, 1.807) is 179 Å². The minimum Gasteiger partial charge on any atom is -0.489 e. The van der Waals surface area contributed by atoms with Crippen LogP contribution in [0.4, 0.5) is 36.3 Å². The van der Waals surface area contributed by atoms with E-state index in [1.165, 1.54) is 6.07 Å². The van der Waals surface area contributed by atoms with Gasteiger partial charge in [0.25, 0.3) is 0 Å². The number of aryl methyl sites for hydroxylation is 1. The lowest BCUT2D eigenvalue weighted by Gasteiger charge is -2.26. The van der Waals surface area contributed by atoms with Gasteiger partial charge < -0.3 is 54.8 Å². The van der Waals surface area contributed by atoms with E-state index in [-0.39, 0.29) is 44.2 Å². The third-order valence-corrected chi connectivity index (χ3v) is 13.0. The van der Waals surface area contributed by atoms with Gasteiger partial charge in [0.15, 0.2) is 0 Å². The molecular weight excluding hydrogens is 1140 g/mol. The predicted octanol–water partition coefficient (Wildman–Crippen LogP) is 10.7. The van der Waals surface area contributed by atoms with Crippen LogP contribution in [0.25, 0.3) is 11.1 Å². The molecule has 0 fully saturated rings. The van der Waals surface area contributed by atoms with Crippen molar-refractivity contribution in [1.82, 2.24) is 21.3 Å². The van der Waals surface area contributed by atoms with E-state index in [2.05, 4.69) is 21.3 Å². The highest BCUT2D eigenvalue weighted by Crippen LogP contribution is 2.33. The maximum atomic E-state index is 15.0. The van der Waals surface area contributed by atoms with Crippen molar-refractivity contribution in [3.8, 4) is 22.6 Å². The van der Waals surface area contributed by atoms with Gasteiger partial charge in [0, 0.05) is 25.8 Å². The van der Waals surface area contributed by atoms with Gasteiger partial charge in [-0.2, -0.15) is 8.78 Å². The lowest BCUT2D eigenvalue weighted by molar-refractivity contribution is -0.149. The third kappa shape index (κ3) is 19.6. The molecule has 7 rings (SSSR count). The number of aliphatic hydroxyl groups is 1. The Labute approximate surface area is 498 Å². The number of halogens is 5. The molecule has 22 heteroatoms. The molecule has 0 aliphatic heterocycles. The Hall–Kier alpha value is -9.83. The zero-order valence-corrected chi connectivity index (χ0v) is 47.7. The smallest absolute Gasteiger partial charge is 0.408 e. The van der Waals surface area contributed by atoms with E-state index in [0.717, 1.165) is 0 Å². The minimum absolute atomic E-state index is 0.0324. The van der Waals surface area contributed by atoms with Crippen LogP contribution >= 0.6 is 0 Å². The molecule has 0 aliphatic rings. The van der Waals surface area contributed by atoms with Gasteiger partial charge in [-0.25, -0.2) is 37.1 Å². The van der Waals surface area contributed by atoms with E-state index in [9.17, 15) is 47.0 Å². The van der Waals surface area contributed by atoms with E-state index in [0.29, 0.717) is 44.5 Å². The van der Waals surface area contributed by atoms with Crippen LogP contribution in [0, 0.1) is 36.0 Å². The summed E-state index contributed by atoms with van der Waals surface area (Å²) in [7, 11) is 0. The van der Waals surface area contributed by atoms with Gasteiger partial charge in [-0.1, -0.05) is 146 Å². The molecule has 4 amide bonds. The summed E-state index contributed by atoms with van der Waals surface area (Å²) in [6, 6.07) is 39.6. The van der Waals surface area contributed by atoms with Crippen LogP contribution in [0.5, 0.6) is 11.5 Å². The van der Waals surface area contributed by atoms with Crippen LogP contribution in [0.2, 0.25) is 0 Å². The van der Waals surface area contributed by atoms with Crippen LogP contribution < -0.4 is 30.7 Å². The summed E-state index contributed by atoms with van der Waals surface area (Å²) in [4.78, 5) is 82.0. The topological polar surface area (TPSA) is 226 Å². The molecule has 0 radical (unpaired) electrons. The monoisotopic (exact) mass is 1200 g/mol. The van der Waals surface area contributed by atoms with Crippen molar-refractivity contribution in [2.24, 2.45) is 0 Å². The highest BCUT2D eigenvalue weighted by molar-refractivity contribution is 5.90. The van der Waals surface area contributed by atoms with Gasteiger partial charge in [0.1, 0.15) is 55.9 Å². The SMILES string of the molecule is Cc1ccc(-c2ccc(OCc3ccccc3)c(C[C@H](NC(=O)OCc3ccccc3)C(=O)Oc3c(F)c(F)c(F)c(F)c3F)c2)cc1C[C@H](NC(=O)[C@H](C[C@@H](O)CNC(=O)OCc1ccccc1)NC(=O)OC(C)(C)C)C(=O)OCc1ccccc1. The number of rotatable bonds is 25. The number of carbonyl (C=O) groups is 6. The molecular formula is C65H63F5N4O13. The summed E-state index contributed by atoms with van der Waals surface area (Å²) in [6.07, 6.45) is -5.91. The number of carbonyl (C=O) groups excluding carboxylic acids is 6. The molecule has 0 bridgehead atoms. The number of amides is 4. The first-order valence-electron chi connectivity index (χ1n) is 27.3. The molecule has 4 atom stereocenters. The van der Waals surface area contributed by atoms with Crippen molar-refractivity contribution in [3.05, 3.63) is 226 Å². The molecule has 17 nitrogen and oxygen atoms in total. The zero-order valence-electron chi connectivity index (χ0n) is 47.7. The summed E-state index contributed by atoms with van der Waals surface area (Å²) in [5, 5.41) is 21.0. The second-order valence-electron chi connectivity index (χ2n) is 20.9. The molecule has 0 saturated carbocycles. The Balaban J connectivity index is 1.20. The van der Waals surface area contributed by atoms with E-state index >= 15 is 8.78 Å². The van der Waals surface area contributed by atoms with Crippen LogP contribution in [0.1, 0.15) is 66.1 Å². The molecule has 0 aliphatic carbocycles. The first-order valence-corrected chi connectivity index (χ1v) is 27.3. The van der Waals surface area contributed by atoms with Gasteiger partial charge in [-0.15, -0.1) is 0 Å². The summed E-state index contributed by atoms with van der Waals surface area (Å²) in [5.74, 6) is -17.5. The van der Waals surface area contributed by atoms with Crippen molar-refractivity contribution in [1.29, 1.82) is 0 Å². The zero-order chi connectivity index (χ0) is 62.6. The Kier molecular flexibility index (Phi) is 22.9. The number of esters is 2. The van der Waals surface area contributed by atoms with E-state index in [1.807, 2.05) is 0 Å². The van der Waals surface area contributed by atoms with Crippen LogP contribution in [0.15, 0.2) is 158 Å². The molecule has 0 heterocycles. The van der Waals surface area contributed by atoms with Crippen LogP contribution in [-0.4, -0.2) is 77.6 Å². The lowest BCUT2D eigenvalue weighted by Crippen LogP contribution is -2.54. The number of hydrogen-bond donors (Lipinski definition) is 5. The molecule has 456 valence electrons. The lowest BCUT2D eigenvalue weighted by atomic mass is 9.93. The quantitative estimate of drug-likeness (QED) is 0.00898. The molecule has 5 N–H and O–H groups in total. The molecule has 0 aromatic heterocycles. The molecule has 87 heavy (non-hydrogen) atoms. The summed E-state index contributed by atoms with van der Waals surface area (Å²) in [5.41, 5.74) is 3.68. The largest absolute Gasteiger partial charge is 0.489 e. The summed E-state index contributed by atoms with van der Waals surface area (Å²) in [6.45, 7) is 5.52. The Bertz CT molecular complexity index is 3480. The minimum atomic E-state index is -2.50. The van der Waals surface area contributed by atoms with Crippen LogP contribution in [0.3, 0.4) is 0 Å². The van der Waals surface area contributed by atoms with Gasteiger partial charge in [-0.3, -0.25) is 4.79 Å². The van der Waals surface area contributed by atoms with Crippen molar-refractivity contribution in [2.75, 3.05) is 6.54 Å². The first kappa shape index (κ1) is 64.7. The number of ether oxygens (including phenoxy) is 6. The fraction of sp³-hybridized carbons (Fsp3) is 0.262. The van der Waals surface area contributed by atoms with Gasteiger partial charge in [-0.05, 0) is 89.9 Å². The fourth-order valence-electron chi connectivity index (χ4n) is 8.56. The number of alkyl carbamates (subject to hydrolysis) is 3. The number of hydrogen-bond acceptors (Lipinski definition) is 13. The van der Waals surface area contributed by atoms with Gasteiger partial charge in [0.2, 0.25) is 40.7 Å². The van der Waals surface area contributed by atoms with Gasteiger partial charge >= 0.3 is 30.2 Å².